The Morgan fingerprint density at radius 2 is 1.09 bits per heavy atom. The number of amides is 1. The summed E-state index contributed by atoms with van der Waals surface area (Å²) >= 11 is 0. The van der Waals surface area contributed by atoms with Crippen LogP contribution < -0.4 is 10.2 Å². The first-order valence-corrected chi connectivity index (χ1v) is 23.5. The van der Waals surface area contributed by atoms with Gasteiger partial charge >= 0.3 is 0 Å². The fourth-order valence-electron chi connectivity index (χ4n) is 5.98. The van der Waals surface area contributed by atoms with Gasteiger partial charge in [-0.15, -0.1) is 0 Å². The fraction of sp³-hybridized carbons (Fsp3) is 0.800. The molecular formula is C45H85N2O6P. The highest BCUT2D eigenvalue weighted by Gasteiger charge is 2.23. The number of quaternary nitrogens is 1. The first-order valence-electron chi connectivity index (χ1n) is 22.0. The number of hydrogen-bond acceptors (Lipinski definition) is 6. The lowest BCUT2D eigenvalue weighted by Gasteiger charge is -2.29. The normalized spacial score (nSPS) is 14.9. The summed E-state index contributed by atoms with van der Waals surface area (Å²) in [5.41, 5.74) is 0. The van der Waals surface area contributed by atoms with Crippen molar-refractivity contribution in [2.24, 2.45) is 0 Å². The maximum atomic E-state index is 12.8. The quantitative estimate of drug-likeness (QED) is 0.0211. The summed E-state index contributed by atoms with van der Waals surface area (Å²) in [6, 6.07) is -0.904. The molecule has 0 bridgehead atoms. The molecule has 0 aromatic rings. The molecule has 9 heteroatoms. The standard InChI is InChI=1S/C45H85N2O6P/c1-6-8-10-12-14-16-18-20-21-22-23-24-25-27-29-31-33-35-37-39-45(49)46-43(42-53-54(50,51)52-41-40-47(3,4)5)44(48)38-36-34-32-30-28-26-19-17-15-13-11-9-7-2/h14,16,18,20,28,30,36,38,43-44,48H,6-13,15,17,19,21-27,29,31-35,37,39-42H2,1-5H3,(H-,46,49,50,51)/b16-14-,20-18-,30-28+,38-36+. The van der Waals surface area contributed by atoms with Crippen molar-refractivity contribution in [3.8, 4) is 0 Å². The smallest absolute Gasteiger partial charge is 0.268 e. The number of nitrogens with zero attached hydrogens (tertiary/aromatic N) is 1. The summed E-state index contributed by atoms with van der Waals surface area (Å²) < 4.78 is 23.1. The van der Waals surface area contributed by atoms with Crippen LogP contribution in [0.4, 0.5) is 0 Å². The number of nitrogens with one attached hydrogen (secondary N) is 1. The second kappa shape index (κ2) is 37.1. The Bertz CT molecular complexity index is 1020. The van der Waals surface area contributed by atoms with Crippen LogP contribution in [0.5, 0.6) is 0 Å². The lowest BCUT2D eigenvalue weighted by atomic mass is 10.0. The molecule has 3 atom stereocenters. The van der Waals surface area contributed by atoms with Gasteiger partial charge in [0.2, 0.25) is 5.91 Å². The minimum Gasteiger partial charge on any atom is -0.756 e. The largest absolute Gasteiger partial charge is 0.756 e. The average Bonchev–Trinajstić information content (AvgIpc) is 3.12. The summed E-state index contributed by atoms with van der Waals surface area (Å²) in [5, 5.41) is 13.7. The molecule has 0 saturated carbocycles. The maximum absolute atomic E-state index is 12.8. The van der Waals surface area contributed by atoms with E-state index in [0.29, 0.717) is 17.4 Å². The molecule has 0 spiro atoms. The van der Waals surface area contributed by atoms with Crippen LogP contribution in [0, 0.1) is 0 Å². The molecule has 0 fully saturated rings. The molecule has 0 radical (unpaired) electrons. The van der Waals surface area contributed by atoms with Crippen LogP contribution in [0.15, 0.2) is 48.6 Å². The minimum atomic E-state index is -4.59. The van der Waals surface area contributed by atoms with Crippen molar-refractivity contribution in [3.63, 3.8) is 0 Å². The summed E-state index contributed by atoms with van der Waals surface area (Å²) in [5.74, 6) is -0.214. The van der Waals surface area contributed by atoms with Gasteiger partial charge in [-0.1, -0.05) is 165 Å². The zero-order valence-electron chi connectivity index (χ0n) is 35.7. The Kier molecular flexibility index (Phi) is 36.0. The highest BCUT2D eigenvalue weighted by molar-refractivity contribution is 7.45. The van der Waals surface area contributed by atoms with Gasteiger partial charge in [-0.25, -0.2) is 0 Å². The van der Waals surface area contributed by atoms with E-state index < -0.39 is 26.6 Å². The molecule has 54 heavy (non-hydrogen) atoms. The topological polar surface area (TPSA) is 108 Å². The van der Waals surface area contributed by atoms with Crippen LogP contribution in [0.1, 0.15) is 181 Å². The van der Waals surface area contributed by atoms with Crippen LogP contribution in [0.3, 0.4) is 0 Å². The number of likely N-dealkylation sites (N-methyl/N-ethyl adjacent to an activating group) is 1. The van der Waals surface area contributed by atoms with E-state index in [1.165, 1.54) is 122 Å². The Morgan fingerprint density at radius 1 is 0.648 bits per heavy atom. The van der Waals surface area contributed by atoms with E-state index in [-0.39, 0.29) is 12.5 Å². The van der Waals surface area contributed by atoms with E-state index in [0.717, 1.165) is 38.5 Å². The summed E-state index contributed by atoms with van der Waals surface area (Å²) in [7, 11) is 1.23. The summed E-state index contributed by atoms with van der Waals surface area (Å²) in [6.07, 6.45) is 45.8. The zero-order valence-corrected chi connectivity index (χ0v) is 36.6. The number of phosphoric acid groups is 1. The molecule has 8 nitrogen and oxygen atoms in total. The van der Waals surface area contributed by atoms with Gasteiger partial charge in [0, 0.05) is 6.42 Å². The van der Waals surface area contributed by atoms with Gasteiger partial charge in [0.25, 0.3) is 7.82 Å². The molecule has 0 saturated heterocycles. The van der Waals surface area contributed by atoms with E-state index in [9.17, 15) is 19.4 Å². The van der Waals surface area contributed by atoms with Crippen LogP contribution in [-0.4, -0.2) is 68.5 Å². The molecule has 3 unspecified atom stereocenters. The maximum Gasteiger partial charge on any atom is 0.268 e. The highest BCUT2D eigenvalue weighted by Crippen LogP contribution is 2.38. The second-order valence-corrected chi connectivity index (χ2v) is 17.5. The summed E-state index contributed by atoms with van der Waals surface area (Å²) in [4.78, 5) is 25.3. The molecule has 0 aliphatic heterocycles. The molecule has 0 aromatic carbocycles. The number of carbonyl (C=O) groups is 1. The van der Waals surface area contributed by atoms with Gasteiger partial charge in [-0.2, -0.15) is 0 Å². The number of hydrogen-bond donors (Lipinski definition) is 2. The molecule has 2 N–H and O–H groups in total. The molecular weight excluding hydrogens is 695 g/mol. The average molecular weight is 781 g/mol. The lowest BCUT2D eigenvalue weighted by molar-refractivity contribution is -0.870. The van der Waals surface area contributed by atoms with Crippen molar-refractivity contribution in [2.75, 3.05) is 40.9 Å². The Hall–Kier alpha value is -1.54. The second-order valence-electron chi connectivity index (χ2n) is 16.1. The van der Waals surface area contributed by atoms with E-state index in [1.807, 2.05) is 27.2 Å². The van der Waals surface area contributed by atoms with Gasteiger partial charge in [0.1, 0.15) is 13.2 Å². The first-order chi connectivity index (χ1) is 26.0. The predicted molar refractivity (Wildman–Crippen MR) is 228 cm³/mol. The summed E-state index contributed by atoms with van der Waals surface area (Å²) in [6.45, 7) is 4.57. The van der Waals surface area contributed by atoms with Gasteiger partial charge in [-0.3, -0.25) is 9.36 Å². The molecule has 0 aliphatic carbocycles. The van der Waals surface area contributed by atoms with Crippen LogP contribution in [-0.2, 0) is 18.4 Å². The fourth-order valence-corrected chi connectivity index (χ4v) is 6.70. The van der Waals surface area contributed by atoms with Crippen LogP contribution >= 0.6 is 7.82 Å². The van der Waals surface area contributed by atoms with Crippen molar-refractivity contribution in [3.05, 3.63) is 48.6 Å². The molecule has 0 rings (SSSR count). The SMILES string of the molecule is CCCCC/C=C\C=C/CCCCCCCCCCCCC(=O)NC(COP(=O)([O-])OCC[N+](C)(C)C)C(O)/C=C/CC/C=C/CCCCCCCCC. The van der Waals surface area contributed by atoms with Crippen molar-refractivity contribution in [1.29, 1.82) is 0 Å². The van der Waals surface area contributed by atoms with Gasteiger partial charge < -0.3 is 28.8 Å². The van der Waals surface area contributed by atoms with Crippen LogP contribution in [0.2, 0.25) is 0 Å². The Balaban J connectivity index is 4.44. The number of aliphatic hydroxyl groups excluding tert-OH is 1. The van der Waals surface area contributed by atoms with Crippen molar-refractivity contribution < 1.29 is 32.9 Å². The third-order valence-electron chi connectivity index (χ3n) is 9.54. The van der Waals surface area contributed by atoms with Gasteiger partial charge in [-0.05, 0) is 57.8 Å². The number of allylic oxidation sites excluding steroid dienone is 7. The van der Waals surface area contributed by atoms with Crippen molar-refractivity contribution in [2.45, 2.75) is 193 Å². The minimum absolute atomic E-state index is 0.00831. The van der Waals surface area contributed by atoms with Crippen LogP contribution in [0.25, 0.3) is 0 Å². The van der Waals surface area contributed by atoms with E-state index in [4.69, 9.17) is 9.05 Å². The molecule has 0 heterocycles. The molecule has 0 aromatic heterocycles. The molecule has 316 valence electrons. The third kappa shape index (κ3) is 38.7. The number of phosphoric ester groups is 1. The first kappa shape index (κ1) is 52.5. The van der Waals surface area contributed by atoms with Crippen molar-refractivity contribution in [1.82, 2.24) is 5.32 Å². The predicted octanol–water partition coefficient (Wildman–Crippen LogP) is 11.4. The monoisotopic (exact) mass is 781 g/mol. The molecule has 0 aliphatic rings. The molecule has 1 amide bonds. The third-order valence-corrected chi connectivity index (χ3v) is 10.5. The Morgan fingerprint density at radius 3 is 1.65 bits per heavy atom. The zero-order chi connectivity index (χ0) is 40.0. The lowest BCUT2D eigenvalue weighted by Crippen LogP contribution is -2.45. The van der Waals surface area contributed by atoms with Gasteiger partial charge in [0.15, 0.2) is 0 Å². The number of aliphatic hydroxyl groups is 1. The number of rotatable bonds is 39. The highest BCUT2D eigenvalue weighted by atomic mass is 31.2. The van der Waals surface area contributed by atoms with Gasteiger partial charge in [0.05, 0.1) is 39.9 Å². The number of unbranched alkanes of at least 4 members (excludes halogenated alkanes) is 21. The van der Waals surface area contributed by atoms with Crippen molar-refractivity contribution >= 4 is 13.7 Å². The Labute approximate surface area is 333 Å². The van der Waals surface area contributed by atoms with E-state index in [1.54, 1.807) is 6.08 Å². The van der Waals surface area contributed by atoms with E-state index in [2.05, 4.69) is 55.6 Å². The van der Waals surface area contributed by atoms with E-state index >= 15 is 0 Å². The number of carbonyl (C=O) groups excluding carboxylic acids is 1.